The van der Waals surface area contributed by atoms with Crippen molar-refractivity contribution in [2.75, 3.05) is 11.9 Å². The van der Waals surface area contributed by atoms with Gasteiger partial charge in [-0.3, -0.25) is 19.3 Å². The van der Waals surface area contributed by atoms with Crippen LogP contribution in [0.2, 0.25) is 20.1 Å². The number of nitrogens with zero attached hydrogens (tertiary/aromatic N) is 1. The molecule has 2 aromatic carbocycles. The first-order chi connectivity index (χ1) is 17.4. The summed E-state index contributed by atoms with van der Waals surface area (Å²) in [6.07, 6.45) is 1.50. The van der Waals surface area contributed by atoms with Crippen LogP contribution in [0.15, 0.2) is 18.2 Å². The number of aryl methyl sites for hydroxylation is 2. The standard InChI is InChI=1S/C26H26Cl4N2O5/c1-5-13-8-7-9-14(6-2)23(13)31-16(33)11-37-26(36)15(10-12(3)4)32-24(34)17-18(25(32)35)20(28)22(30)21(29)19(17)27/h7-9,12,15H,5-6,10-11H2,1-4H3,(H,31,33)/t15-/m0/s1. The van der Waals surface area contributed by atoms with E-state index in [4.69, 9.17) is 51.1 Å². The Labute approximate surface area is 235 Å². The summed E-state index contributed by atoms with van der Waals surface area (Å²) in [7, 11) is 0. The number of para-hydroxylation sites is 1. The molecule has 0 saturated carbocycles. The Hall–Kier alpha value is -2.32. The van der Waals surface area contributed by atoms with Crippen LogP contribution in [0.3, 0.4) is 0 Å². The predicted molar refractivity (Wildman–Crippen MR) is 145 cm³/mol. The van der Waals surface area contributed by atoms with E-state index in [9.17, 15) is 19.2 Å². The number of amides is 3. The molecule has 3 rings (SSSR count). The highest BCUT2D eigenvalue weighted by Crippen LogP contribution is 2.45. The Balaban J connectivity index is 1.84. The molecule has 0 saturated heterocycles. The number of hydrogen-bond donors (Lipinski definition) is 1. The summed E-state index contributed by atoms with van der Waals surface area (Å²) in [6, 6.07) is 4.43. The van der Waals surface area contributed by atoms with Gasteiger partial charge in [0.1, 0.15) is 6.04 Å². The Kier molecular flexibility index (Phi) is 9.51. The van der Waals surface area contributed by atoms with Crippen molar-refractivity contribution in [3.05, 3.63) is 60.5 Å². The molecular weight excluding hydrogens is 562 g/mol. The van der Waals surface area contributed by atoms with Crippen molar-refractivity contribution in [1.82, 2.24) is 4.90 Å². The van der Waals surface area contributed by atoms with Gasteiger partial charge in [-0.1, -0.05) is 92.3 Å². The third-order valence-electron chi connectivity index (χ3n) is 6.02. The molecule has 1 aliphatic rings. The molecule has 1 aliphatic heterocycles. The molecule has 0 aromatic heterocycles. The molecule has 0 spiro atoms. The number of esters is 1. The minimum Gasteiger partial charge on any atom is -0.454 e. The number of ether oxygens (including phenoxy) is 1. The van der Waals surface area contributed by atoms with Gasteiger partial charge in [0.25, 0.3) is 17.7 Å². The zero-order valence-electron chi connectivity index (χ0n) is 20.7. The van der Waals surface area contributed by atoms with Crippen LogP contribution in [0.4, 0.5) is 5.69 Å². The number of imide groups is 1. The largest absolute Gasteiger partial charge is 0.454 e. The fourth-order valence-corrected chi connectivity index (χ4v) is 5.23. The fraction of sp³-hybridized carbons (Fsp3) is 0.385. The van der Waals surface area contributed by atoms with E-state index in [-0.39, 0.29) is 43.6 Å². The minimum absolute atomic E-state index is 0.0846. The molecule has 0 radical (unpaired) electrons. The maximum absolute atomic E-state index is 13.3. The third kappa shape index (κ3) is 5.75. The van der Waals surface area contributed by atoms with Crippen LogP contribution in [-0.2, 0) is 27.2 Å². The second kappa shape index (κ2) is 12.0. The monoisotopic (exact) mass is 586 g/mol. The zero-order valence-corrected chi connectivity index (χ0v) is 23.7. The fourth-order valence-electron chi connectivity index (χ4n) is 4.21. The SMILES string of the molecule is CCc1cccc(CC)c1NC(=O)COC(=O)[C@H](CC(C)C)N1C(=O)c2c(Cl)c(Cl)c(Cl)c(Cl)c2C1=O. The van der Waals surface area contributed by atoms with E-state index in [1.54, 1.807) is 0 Å². The molecule has 37 heavy (non-hydrogen) atoms. The Morgan fingerprint density at radius 2 is 1.38 bits per heavy atom. The highest BCUT2D eigenvalue weighted by Gasteiger charge is 2.47. The van der Waals surface area contributed by atoms with E-state index in [2.05, 4.69) is 5.32 Å². The van der Waals surface area contributed by atoms with Gasteiger partial charge < -0.3 is 10.1 Å². The minimum atomic E-state index is -1.32. The molecule has 0 aliphatic carbocycles. The van der Waals surface area contributed by atoms with Crippen molar-refractivity contribution < 1.29 is 23.9 Å². The van der Waals surface area contributed by atoms with Crippen molar-refractivity contribution in [2.45, 2.75) is 53.0 Å². The molecule has 11 heteroatoms. The molecule has 1 heterocycles. The molecule has 1 atom stereocenters. The van der Waals surface area contributed by atoms with Gasteiger partial charge in [0.2, 0.25) is 0 Å². The summed E-state index contributed by atoms with van der Waals surface area (Å²) in [5.74, 6) is -3.26. The zero-order chi connectivity index (χ0) is 27.6. The number of hydrogen-bond acceptors (Lipinski definition) is 5. The van der Waals surface area contributed by atoms with Crippen molar-refractivity contribution in [1.29, 1.82) is 0 Å². The summed E-state index contributed by atoms with van der Waals surface area (Å²) in [5.41, 5.74) is 2.13. The number of anilines is 1. The number of nitrogens with one attached hydrogen (secondary N) is 1. The number of carbonyl (C=O) groups is 4. The lowest BCUT2D eigenvalue weighted by molar-refractivity contribution is -0.151. The number of carbonyl (C=O) groups excluding carboxylic acids is 4. The molecule has 198 valence electrons. The first kappa shape index (κ1) is 29.2. The van der Waals surface area contributed by atoms with Crippen LogP contribution >= 0.6 is 46.4 Å². The highest BCUT2D eigenvalue weighted by molar-refractivity contribution is 6.55. The van der Waals surface area contributed by atoms with E-state index in [1.807, 2.05) is 45.9 Å². The van der Waals surface area contributed by atoms with E-state index in [0.717, 1.165) is 16.0 Å². The average molecular weight is 588 g/mol. The topological polar surface area (TPSA) is 92.8 Å². The first-order valence-corrected chi connectivity index (χ1v) is 13.3. The van der Waals surface area contributed by atoms with Crippen molar-refractivity contribution in [3.8, 4) is 0 Å². The third-order valence-corrected chi connectivity index (χ3v) is 7.82. The Morgan fingerprint density at radius 1 is 0.892 bits per heavy atom. The lowest BCUT2D eigenvalue weighted by Gasteiger charge is -2.26. The van der Waals surface area contributed by atoms with Gasteiger partial charge in [0.05, 0.1) is 31.2 Å². The molecule has 0 unspecified atom stereocenters. The molecular formula is C26H26Cl4N2O5. The normalized spacial score (nSPS) is 13.7. The van der Waals surface area contributed by atoms with Gasteiger partial charge in [-0.15, -0.1) is 0 Å². The summed E-state index contributed by atoms with van der Waals surface area (Å²) >= 11 is 24.6. The summed E-state index contributed by atoms with van der Waals surface area (Å²) in [5, 5.41) is 2.01. The summed E-state index contributed by atoms with van der Waals surface area (Å²) < 4.78 is 5.29. The van der Waals surface area contributed by atoms with E-state index >= 15 is 0 Å². The lowest BCUT2D eigenvalue weighted by Crippen LogP contribution is -2.47. The smallest absolute Gasteiger partial charge is 0.329 e. The maximum atomic E-state index is 13.3. The van der Waals surface area contributed by atoms with E-state index in [0.29, 0.717) is 18.5 Å². The molecule has 7 nitrogen and oxygen atoms in total. The maximum Gasteiger partial charge on any atom is 0.329 e. The highest BCUT2D eigenvalue weighted by atomic mass is 35.5. The van der Waals surface area contributed by atoms with E-state index in [1.165, 1.54) is 0 Å². The van der Waals surface area contributed by atoms with Crippen LogP contribution in [0.25, 0.3) is 0 Å². The molecule has 3 amide bonds. The van der Waals surface area contributed by atoms with Crippen LogP contribution < -0.4 is 5.32 Å². The second-order valence-electron chi connectivity index (χ2n) is 8.95. The number of fused-ring (bicyclic) bond motifs is 1. The molecule has 0 bridgehead atoms. The Bertz CT molecular complexity index is 1210. The first-order valence-electron chi connectivity index (χ1n) is 11.7. The quantitative estimate of drug-likeness (QED) is 0.154. The average Bonchev–Trinajstić information content (AvgIpc) is 3.12. The number of rotatable bonds is 9. The van der Waals surface area contributed by atoms with Crippen molar-refractivity contribution in [3.63, 3.8) is 0 Å². The number of benzene rings is 2. The van der Waals surface area contributed by atoms with Gasteiger partial charge in [-0.05, 0) is 36.3 Å². The second-order valence-corrected chi connectivity index (χ2v) is 10.5. The van der Waals surface area contributed by atoms with Crippen LogP contribution in [0.1, 0.15) is 66.0 Å². The molecule has 2 aromatic rings. The van der Waals surface area contributed by atoms with Crippen LogP contribution in [0.5, 0.6) is 0 Å². The number of halogens is 4. The van der Waals surface area contributed by atoms with E-state index < -0.39 is 36.3 Å². The van der Waals surface area contributed by atoms with Crippen molar-refractivity contribution >= 4 is 75.8 Å². The molecule has 0 fully saturated rings. The van der Waals surface area contributed by atoms with Crippen LogP contribution in [0, 0.1) is 5.92 Å². The van der Waals surface area contributed by atoms with Crippen LogP contribution in [-0.4, -0.2) is 41.2 Å². The van der Waals surface area contributed by atoms with Crippen molar-refractivity contribution in [2.24, 2.45) is 5.92 Å². The van der Waals surface area contributed by atoms with Gasteiger partial charge in [-0.25, -0.2) is 4.79 Å². The van der Waals surface area contributed by atoms with Gasteiger partial charge >= 0.3 is 5.97 Å². The lowest BCUT2D eigenvalue weighted by atomic mass is 10.0. The van der Waals surface area contributed by atoms with Gasteiger partial charge in [0, 0.05) is 5.69 Å². The van der Waals surface area contributed by atoms with Gasteiger partial charge in [-0.2, -0.15) is 0 Å². The Morgan fingerprint density at radius 3 is 1.81 bits per heavy atom. The summed E-state index contributed by atoms with van der Waals surface area (Å²) in [4.78, 5) is 53.1. The van der Waals surface area contributed by atoms with Gasteiger partial charge in [0.15, 0.2) is 6.61 Å². The molecule has 1 N–H and O–H groups in total. The predicted octanol–water partition coefficient (Wildman–Crippen LogP) is 6.62. The summed E-state index contributed by atoms with van der Waals surface area (Å²) in [6.45, 7) is 6.97.